The summed E-state index contributed by atoms with van der Waals surface area (Å²) in [5, 5.41) is 9.22. The quantitative estimate of drug-likeness (QED) is 0.636. The van der Waals surface area contributed by atoms with E-state index >= 15 is 0 Å². The van der Waals surface area contributed by atoms with Crippen LogP contribution in [0.3, 0.4) is 0 Å². The van der Waals surface area contributed by atoms with Gasteiger partial charge in [0.1, 0.15) is 5.75 Å². The van der Waals surface area contributed by atoms with Gasteiger partial charge in [0.15, 0.2) is 0 Å². The molecule has 3 N–H and O–H groups in total. The fourth-order valence-electron chi connectivity index (χ4n) is 0.800. The van der Waals surface area contributed by atoms with Crippen LogP contribution in [-0.2, 0) is 4.79 Å². The molecule has 0 aliphatic rings. The normalized spacial score (nSPS) is 10.3. The Morgan fingerprint density at radius 2 is 2.08 bits per heavy atom. The summed E-state index contributed by atoms with van der Waals surface area (Å²) in [7, 11) is 0. The van der Waals surface area contributed by atoms with E-state index in [0.717, 1.165) is 0 Å². The van der Waals surface area contributed by atoms with Crippen molar-refractivity contribution in [3.63, 3.8) is 0 Å². The van der Waals surface area contributed by atoms with E-state index in [9.17, 15) is 9.90 Å². The SMILES string of the molecule is NC(=O)/C=C/c1ccccc1O. The highest BCUT2D eigenvalue weighted by molar-refractivity contribution is 5.90. The van der Waals surface area contributed by atoms with E-state index in [2.05, 4.69) is 0 Å². The van der Waals surface area contributed by atoms with Gasteiger partial charge >= 0.3 is 0 Å². The van der Waals surface area contributed by atoms with E-state index in [4.69, 9.17) is 5.73 Å². The molecule has 12 heavy (non-hydrogen) atoms. The van der Waals surface area contributed by atoms with Crippen LogP contribution in [-0.4, -0.2) is 11.0 Å². The summed E-state index contributed by atoms with van der Waals surface area (Å²) in [6, 6.07) is 6.70. The van der Waals surface area contributed by atoms with E-state index < -0.39 is 5.91 Å². The Kier molecular flexibility index (Phi) is 2.48. The van der Waals surface area contributed by atoms with Gasteiger partial charge in [0, 0.05) is 11.6 Å². The zero-order chi connectivity index (χ0) is 8.97. The highest BCUT2D eigenvalue weighted by Crippen LogP contribution is 2.16. The number of phenolic OH excluding ortho intramolecular Hbond substituents is 1. The van der Waals surface area contributed by atoms with Gasteiger partial charge in [-0.1, -0.05) is 18.2 Å². The molecular formula is C9H9NO2. The van der Waals surface area contributed by atoms with Crippen molar-refractivity contribution in [1.82, 2.24) is 0 Å². The molecule has 0 spiro atoms. The Labute approximate surface area is 70.1 Å². The molecule has 3 heteroatoms. The van der Waals surface area contributed by atoms with Crippen LogP contribution in [0, 0.1) is 0 Å². The number of nitrogens with two attached hydrogens (primary N) is 1. The molecule has 0 aliphatic carbocycles. The van der Waals surface area contributed by atoms with Gasteiger partial charge in [-0.05, 0) is 12.1 Å². The number of para-hydroxylation sites is 1. The molecule has 0 aromatic heterocycles. The Hall–Kier alpha value is -1.77. The predicted molar refractivity (Wildman–Crippen MR) is 46.3 cm³/mol. The predicted octanol–water partition coefficient (Wildman–Crippen LogP) is 0.891. The fourth-order valence-corrected chi connectivity index (χ4v) is 0.800. The van der Waals surface area contributed by atoms with Gasteiger partial charge in [-0.15, -0.1) is 0 Å². The van der Waals surface area contributed by atoms with E-state index in [1.54, 1.807) is 24.3 Å². The highest BCUT2D eigenvalue weighted by Gasteiger charge is 1.93. The Balaban J connectivity index is 2.89. The highest BCUT2D eigenvalue weighted by atomic mass is 16.3. The lowest BCUT2D eigenvalue weighted by molar-refractivity contribution is -0.113. The first-order valence-corrected chi connectivity index (χ1v) is 3.45. The second-order valence-electron chi connectivity index (χ2n) is 2.29. The first kappa shape index (κ1) is 8.33. The number of carbonyl (C=O) groups is 1. The summed E-state index contributed by atoms with van der Waals surface area (Å²) in [6.45, 7) is 0. The number of benzene rings is 1. The molecule has 0 saturated heterocycles. The molecule has 0 unspecified atom stereocenters. The number of amides is 1. The third-order valence-corrected chi connectivity index (χ3v) is 1.36. The second-order valence-corrected chi connectivity index (χ2v) is 2.29. The first-order chi connectivity index (χ1) is 5.70. The molecule has 0 heterocycles. The zero-order valence-electron chi connectivity index (χ0n) is 6.40. The molecule has 0 fully saturated rings. The topological polar surface area (TPSA) is 63.3 Å². The summed E-state index contributed by atoms with van der Waals surface area (Å²) in [4.78, 5) is 10.3. The van der Waals surface area contributed by atoms with Crippen LogP contribution in [0.4, 0.5) is 0 Å². The van der Waals surface area contributed by atoms with Crippen LogP contribution in [0.25, 0.3) is 6.08 Å². The summed E-state index contributed by atoms with van der Waals surface area (Å²) < 4.78 is 0. The Morgan fingerprint density at radius 3 is 2.67 bits per heavy atom. The monoisotopic (exact) mass is 163 g/mol. The number of carbonyl (C=O) groups excluding carboxylic acids is 1. The van der Waals surface area contributed by atoms with E-state index in [0.29, 0.717) is 5.56 Å². The minimum atomic E-state index is -0.529. The van der Waals surface area contributed by atoms with Crippen molar-refractivity contribution in [2.45, 2.75) is 0 Å². The molecule has 1 rings (SSSR count). The number of rotatable bonds is 2. The second kappa shape index (κ2) is 3.57. The number of hydrogen-bond donors (Lipinski definition) is 2. The molecule has 1 amide bonds. The molecule has 62 valence electrons. The smallest absolute Gasteiger partial charge is 0.241 e. The number of aromatic hydroxyl groups is 1. The van der Waals surface area contributed by atoms with Gasteiger partial charge in [0.05, 0.1) is 0 Å². The molecule has 0 bridgehead atoms. The summed E-state index contributed by atoms with van der Waals surface area (Å²) in [5.74, 6) is -0.395. The molecular weight excluding hydrogens is 154 g/mol. The van der Waals surface area contributed by atoms with Crippen LogP contribution in [0.15, 0.2) is 30.3 Å². The molecule has 0 radical (unpaired) electrons. The minimum Gasteiger partial charge on any atom is -0.507 e. The van der Waals surface area contributed by atoms with Gasteiger partial charge in [0.2, 0.25) is 5.91 Å². The van der Waals surface area contributed by atoms with Crippen molar-refractivity contribution in [3.8, 4) is 5.75 Å². The van der Waals surface area contributed by atoms with Crippen LogP contribution < -0.4 is 5.73 Å². The summed E-state index contributed by atoms with van der Waals surface area (Å²) in [5.41, 5.74) is 5.46. The van der Waals surface area contributed by atoms with Crippen molar-refractivity contribution in [3.05, 3.63) is 35.9 Å². The Morgan fingerprint density at radius 1 is 1.42 bits per heavy atom. The maximum atomic E-state index is 10.3. The zero-order valence-corrected chi connectivity index (χ0v) is 6.40. The lowest BCUT2D eigenvalue weighted by atomic mass is 10.2. The molecule has 0 atom stereocenters. The van der Waals surface area contributed by atoms with Crippen molar-refractivity contribution in [2.24, 2.45) is 5.73 Å². The van der Waals surface area contributed by atoms with Crippen LogP contribution in [0.5, 0.6) is 5.75 Å². The maximum Gasteiger partial charge on any atom is 0.241 e. The molecule has 1 aromatic rings. The van der Waals surface area contributed by atoms with Crippen molar-refractivity contribution < 1.29 is 9.90 Å². The molecule has 0 saturated carbocycles. The number of hydrogen-bond acceptors (Lipinski definition) is 2. The molecule has 3 nitrogen and oxygen atoms in total. The minimum absolute atomic E-state index is 0.134. The largest absolute Gasteiger partial charge is 0.507 e. The average molecular weight is 163 g/mol. The lowest BCUT2D eigenvalue weighted by Gasteiger charge is -1.95. The van der Waals surface area contributed by atoms with E-state index in [1.165, 1.54) is 12.2 Å². The summed E-state index contributed by atoms with van der Waals surface area (Å²) >= 11 is 0. The average Bonchev–Trinajstić information content (AvgIpc) is 2.03. The third-order valence-electron chi connectivity index (χ3n) is 1.36. The van der Waals surface area contributed by atoms with Crippen molar-refractivity contribution in [1.29, 1.82) is 0 Å². The lowest BCUT2D eigenvalue weighted by Crippen LogP contribution is -2.05. The molecule has 1 aromatic carbocycles. The number of primary amides is 1. The van der Waals surface area contributed by atoms with E-state index in [-0.39, 0.29) is 5.75 Å². The third kappa shape index (κ3) is 2.12. The first-order valence-electron chi connectivity index (χ1n) is 3.45. The Bertz CT molecular complexity index is 318. The van der Waals surface area contributed by atoms with Gasteiger partial charge in [0.25, 0.3) is 0 Å². The van der Waals surface area contributed by atoms with Crippen LogP contribution in [0.2, 0.25) is 0 Å². The molecule has 0 aliphatic heterocycles. The maximum absolute atomic E-state index is 10.3. The number of phenols is 1. The fraction of sp³-hybridized carbons (Fsp3) is 0. The van der Waals surface area contributed by atoms with Crippen LogP contribution >= 0.6 is 0 Å². The van der Waals surface area contributed by atoms with Gasteiger partial charge < -0.3 is 10.8 Å². The van der Waals surface area contributed by atoms with E-state index in [1.807, 2.05) is 0 Å². The van der Waals surface area contributed by atoms with Crippen molar-refractivity contribution in [2.75, 3.05) is 0 Å². The van der Waals surface area contributed by atoms with Gasteiger partial charge in [-0.25, -0.2) is 0 Å². The summed E-state index contributed by atoms with van der Waals surface area (Å²) in [6.07, 6.45) is 2.67. The van der Waals surface area contributed by atoms with Gasteiger partial charge in [-0.3, -0.25) is 4.79 Å². The van der Waals surface area contributed by atoms with Crippen LogP contribution in [0.1, 0.15) is 5.56 Å². The van der Waals surface area contributed by atoms with Gasteiger partial charge in [-0.2, -0.15) is 0 Å². The van der Waals surface area contributed by atoms with Crippen molar-refractivity contribution >= 4 is 12.0 Å². The standard InChI is InChI=1S/C9H9NO2/c10-9(12)6-5-7-3-1-2-4-8(7)11/h1-6,11H,(H2,10,12)/b6-5+.